The standard InChI is InChI=1S/C14H23N3O/c1-4-10(2)11-5-7-12(8-6-11)13(15)9-14(18)17(3)16/h5-8,10,13H,4,9,15-16H2,1-3H3. The van der Waals surface area contributed by atoms with Crippen LogP contribution < -0.4 is 11.6 Å². The molecule has 1 aromatic carbocycles. The van der Waals surface area contributed by atoms with E-state index in [0.29, 0.717) is 5.92 Å². The lowest BCUT2D eigenvalue weighted by Gasteiger charge is -2.16. The number of nitrogens with zero attached hydrogens (tertiary/aromatic N) is 1. The molecule has 0 aliphatic carbocycles. The third-order valence-corrected chi connectivity index (χ3v) is 3.33. The van der Waals surface area contributed by atoms with Gasteiger partial charge in [0, 0.05) is 19.5 Å². The Kier molecular flexibility index (Phi) is 5.31. The van der Waals surface area contributed by atoms with Crippen molar-refractivity contribution >= 4 is 5.91 Å². The molecule has 2 unspecified atom stereocenters. The van der Waals surface area contributed by atoms with Gasteiger partial charge in [-0.1, -0.05) is 38.1 Å². The Morgan fingerprint density at radius 3 is 2.22 bits per heavy atom. The van der Waals surface area contributed by atoms with E-state index in [1.165, 1.54) is 12.6 Å². The van der Waals surface area contributed by atoms with Crippen molar-refractivity contribution in [3.05, 3.63) is 35.4 Å². The largest absolute Gasteiger partial charge is 0.324 e. The second-order valence-electron chi connectivity index (χ2n) is 4.79. The molecule has 0 saturated carbocycles. The van der Waals surface area contributed by atoms with Crippen LogP contribution in [-0.2, 0) is 4.79 Å². The Morgan fingerprint density at radius 1 is 1.28 bits per heavy atom. The van der Waals surface area contributed by atoms with Crippen LogP contribution in [0, 0.1) is 0 Å². The number of rotatable bonds is 5. The Balaban J connectivity index is 2.70. The topological polar surface area (TPSA) is 72.4 Å². The number of amides is 1. The molecule has 0 aliphatic rings. The average Bonchev–Trinajstić information content (AvgIpc) is 2.37. The number of hydrogen-bond donors (Lipinski definition) is 2. The summed E-state index contributed by atoms with van der Waals surface area (Å²) in [5, 5.41) is 1.08. The maximum atomic E-state index is 11.5. The fourth-order valence-corrected chi connectivity index (χ4v) is 1.76. The number of hydrogen-bond acceptors (Lipinski definition) is 3. The van der Waals surface area contributed by atoms with Gasteiger partial charge in [-0.05, 0) is 23.5 Å². The molecule has 0 spiro atoms. The summed E-state index contributed by atoms with van der Waals surface area (Å²) in [7, 11) is 1.53. The molecule has 4 nitrogen and oxygen atoms in total. The van der Waals surface area contributed by atoms with Crippen LogP contribution in [0.4, 0.5) is 0 Å². The molecule has 2 atom stereocenters. The molecule has 4 heteroatoms. The van der Waals surface area contributed by atoms with Gasteiger partial charge in [-0.25, -0.2) is 5.84 Å². The lowest BCUT2D eigenvalue weighted by atomic mass is 9.95. The summed E-state index contributed by atoms with van der Waals surface area (Å²) in [6.45, 7) is 4.36. The summed E-state index contributed by atoms with van der Waals surface area (Å²) in [6, 6.07) is 7.86. The highest BCUT2D eigenvalue weighted by atomic mass is 16.2. The van der Waals surface area contributed by atoms with Crippen LogP contribution in [0.2, 0.25) is 0 Å². The highest BCUT2D eigenvalue weighted by molar-refractivity contribution is 5.76. The molecule has 0 aromatic heterocycles. The summed E-state index contributed by atoms with van der Waals surface area (Å²) in [5.74, 6) is 5.76. The molecule has 100 valence electrons. The Hall–Kier alpha value is -1.39. The van der Waals surface area contributed by atoms with Crippen molar-refractivity contribution in [2.75, 3.05) is 7.05 Å². The summed E-state index contributed by atoms with van der Waals surface area (Å²) in [6.07, 6.45) is 1.34. The van der Waals surface area contributed by atoms with Crippen LogP contribution >= 0.6 is 0 Å². The third-order valence-electron chi connectivity index (χ3n) is 3.33. The summed E-state index contributed by atoms with van der Waals surface area (Å²) in [5.41, 5.74) is 8.26. The number of hydrazine groups is 1. The maximum Gasteiger partial charge on any atom is 0.238 e. The Morgan fingerprint density at radius 2 is 1.78 bits per heavy atom. The Bertz CT molecular complexity index is 387. The highest BCUT2D eigenvalue weighted by Gasteiger charge is 2.13. The van der Waals surface area contributed by atoms with Crippen LogP contribution in [0.5, 0.6) is 0 Å². The van der Waals surface area contributed by atoms with Crippen LogP contribution in [0.1, 0.15) is 49.8 Å². The molecule has 1 amide bonds. The van der Waals surface area contributed by atoms with E-state index >= 15 is 0 Å². The van der Waals surface area contributed by atoms with Crippen molar-refractivity contribution in [1.29, 1.82) is 0 Å². The minimum atomic E-state index is -0.297. The van der Waals surface area contributed by atoms with Crippen LogP contribution in [0.15, 0.2) is 24.3 Å². The second-order valence-corrected chi connectivity index (χ2v) is 4.79. The zero-order valence-corrected chi connectivity index (χ0v) is 11.4. The predicted molar refractivity (Wildman–Crippen MR) is 73.7 cm³/mol. The van der Waals surface area contributed by atoms with E-state index in [1.54, 1.807) is 0 Å². The first-order chi connectivity index (χ1) is 8.45. The number of carbonyl (C=O) groups is 1. The fourth-order valence-electron chi connectivity index (χ4n) is 1.76. The molecule has 0 saturated heterocycles. The minimum absolute atomic E-state index is 0.159. The van der Waals surface area contributed by atoms with Gasteiger partial charge in [-0.3, -0.25) is 9.80 Å². The SMILES string of the molecule is CCC(C)c1ccc(C(N)CC(=O)N(C)N)cc1. The summed E-state index contributed by atoms with van der Waals surface area (Å²) < 4.78 is 0. The minimum Gasteiger partial charge on any atom is -0.324 e. The van der Waals surface area contributed by atoms with E-state index in [9.17, 15) is 4.79 Å². The van der Waals surface area contributed by atoms with Crippen LogP contribution in [0.25, 0.3) is 0 Å². The predicted octanol–water partition coefficient (Wildman–Crippen LogP) is 1.92. The molecular weight excluding hydrogens is 226 g/mol. The van der Waals surface area contributed by atoms with Gasteiger partial charge in [0.2, 0.25) is 5.91 Å². The molecule has 1 rings (SSSR count). The van der Waals surface area contributed by atoms with Gasteiger partial charge in [-0.15, -0.1) is 0 Å². The summed E-state index contributed by atoms with van der Waals surface area (Å²) >= 11 is 0. The lowest BCUT2D eigenvalue weighted by molar-refractivity contribution is -0.130. The normalized spacial score (nSPS) is 14.1. The van der Waals surface area contributed by atoms with Gasteiger partial charge in [0.05, 0.1) is 0 Å². The van der Waals surface area contributed by atoms with E-state index in [0.717, 1.165) is 17.0 Å². The molecule has 0 heterocycles. The molecule has 1 aromatic rings. The molecule has 0 radical (unpaired) electrons. The zero-order chi connectivity index (χ0) is 13.7. The number of nitrogens with two attached hydrogens (primary N) is 2. The molecular formula is C14H23N3O. The van der Waals surface area contributed by atoms with Gasteiger partial charge < -0.3 is 5.73 Å². The Labute approximate surface area is 109 Å². The lowest BCUT2D eigenvalue weighted by Crippen LogP contribution is -2.35. The third kappa shape index (κ3) is 3.82. The van der Waals surface area contributed by atoms with Gasteiger partial charge in [0.15, 0.2) is 0 Å². The second kappa shape index (κ2) is 6.52. The smallest absolute Gasteiger partial charge is 0.238 e. The van der Waals surface area contributed by atoms with Crippen molar-refractivity contribution in [2.24, 2.45) is 11.6 Å². The molecule has 0 fully saturated rings. The molecule has 0 bridgehead atoms. The van der Waals surface area contributed by atoms with Crippen molar-refractivity contribution in [3.8, 4) is 0 Å². The molecule has 0 aliphatic heterocycles. The van der Waals surface area contributed by atoms with E-state index in [-0.39, 0.29) is 18.4 Å². The van der Waals surface area contributed by atoms with E-state index in [1.807, 2.05) is 12.1 Å². The first-order valence-electron chi connectivity index (χ1n) is 6.32. The maximum absolute atomic E-state index is 11.5. The molecule has 4 N–H and O–H groups in total. The monoisotopic (exact) mass is 249 g/mol. The van der Waals surface area contributed by atoms with E-state index in [2.05, 4.69) is 26.0 Å². The van der Waals surface area contributed by atoms with Crippen molar-refractivity contribution in [2.45, 2.75) is 38.6 Å². The van der Waals surface area contributed by atoms with E-state index in [4.69, 9.17) is 11.6 Å². The number of benzene rings is 1. The van der Waals surface area contributed by atoms with Gasteiger partial charge in [0.25, 0.3) is 0 Å². The van der Waals surface area contributed by atoms with Gasteiger partial charge >= 0.3 is 0 Å². The average molecular weight is 249 g/mol. The fraction of sp³-hybridized carbons (Fsp3) is 0.500. The van der Waals surface area contributed by atoms with Crippen molar-refractivity contribution in [3.63, 3.8) is 0 Å². The quantitative estimate of drug-likeness (QED) is 0.476. The van der Waals surface area contributed by atoms with Crippen molar-refractivity contribution in [1.82, 2.24) is 5.01 Å². The van der Waals surface area contributed by atoms with Gasteiger partial charge in [-0.2, -0.15) is 0 Å². The van der Waals surface area contributed by atoms with Crippen molar-refractivity contribution < 1.29 is 4.79 Å². The van der Waals surface area contributed by atoms with Crippen LogP contribution in [0.3, 0.4) is 0 Å². The molecule has 18 heavy (non-hydrogen) atoms. The first-order valence-corrected chi connectivity index (χ1v) is 6.32. The van der Waals surface area contributed by atoms with E-state index < -0.39 is 0 Å². The highest BCUT2D eigenvalue weighted by Crippen LogP contribution is 2.21. The first kappa shape index (κ1) is 14.7. The van der Waals surface area contributed by atoms with Gasteiger partial charge in [0.1, 0.15) is 0 Å². The summed E-state index contributed by atoms with van der Waals surface area (Å²) in [4.78, 5) is 11.5. The zero-order valence-electron chi connectivity index (χ0n) is 11.4. The van der Waals surface area contributed by atoms with Crippen LogP contribution in [-0.4, -0.2) is 18.0 Å². The number of carbonyl (C=O) groups excluding carboxylic acids is 1.